The summed E-state index contributed by atoms with van der Waals surface area (Å²) in [5.41, 5.74) is 4.89. The van der Waals surface area contributed by atoms with Crippen LogP contribution < -0.4 is 0 Å². The predicted octanol–water partition coefficient (Wildman–Crippen LogP) is 4.06. The van der Waals surface area contributed by atoms with Gasteiger partial charge in [0.2, 0.25) is 0 Å². The van der Waals surface area contributed by atoms with Gasteiger partial charge in [0.1, 0.15) is 0 Å². The highest BCUT2D eigenvalue weighted by atomic mass is 28.1. The van der Waals surface area contributed by atoms with Crippen molar-refractivity contribution in [1.82, 2.24) is 0 Å². The number of benzene rings is 2. The van der Waals surface area contributed by atoms with E-state index in [9.17, 15) is 0 Å². The smallest absolute Gasteiger partial charge is 0.0712 e. The van der Waals surface area contributed by atoms with Crippen LogP contribution in [0.25, 0.3) is 11.3 Å². The van der Waals surface area contributed by atoms with E-state index in [0.29, 0.717) is 0 Å². The van der Waals surface area contributed by atoms with Gasteiger partial charge >= 0.3 is 0 Å². The molecule has 0 N–H and O–H groups in total. The molecular weight excluding hydrogens is 232 g/mol. The fourth-order valence-corrected chi connectivity index (χ4v) is 2.20. The molecule has 0 aliphatic rings. The lowest BCUT2D eigenvalue weighted by atomic mass is 9.99. The first-order valence-electron chi connectivity index (χ1n) is 5.91. The summed E-state index contributed by atoms with van der Waals surface area (Å²) in [5, 5.41) is 0.924. The van der Waals surface area contributed by atoms with Gasteiger partial charge in [0.15, 0.2) is 0 Å². The zero-order valence-electron chi connectivity index (χ0n) is 10.3. The van der Waals surface area contributed by atoms with E-state index in [4.69, 9.17) is 0 Å². The first-order valence-corrected chi connectivity index (χ1v) is 6.41. The summed E-state index contributed by atoms with van der Waals surface area (Å²) in [6.07, 6.45) is 2.77. The van der Waals surface area contributed by atoms with E-state index in [1.165, 1.54) is 16.7 Å². The van der Waals surface area contributed by atoms with Crippen molar-refractivity contribution in [3.63, 3.8) is 0 Å². The van der Waals surface area contributed by atoms with Crippen molar-refractivity contribution in [3.8, 4) is 0 Å². The molecule has 0 aliphatic heterocycles. The first kappa shape index (κ1) is 12.6. The quantitative estimate of drug-likeness (QED) is 0.715. The molecule has 0 bridgehead atoms. The Balaban J connectivity index is 2.28. The largest absolute Gasteiger partial charge is 0.100 e. The Bertz CT molecular complexity index is 564. The summed E-state index contributed by atoms with van der Waals surface area (Å²) in [4.78, 5) is 0. The second-order valence-corrected chi connectivity index (χ2v) is 4.86. The molecule has 1 heteroatoms. The summed E-state index contributed by atoms with van der Waals surface area (Å²) in [6.45, 7) is 7.72. The fourth-order valence-electron chi connectivity index (χ4n) is 1.96. The van der Waals surface area contributed by atoms with Gasteiger partial charge in [-0.3, -0.25) is 0 Å². The van der Waals surface area contributed by atoms with Crippen molar-refractivity contribution >= 4 is 21.5 Å². The highest BCUT2D eigenvalue weighted by Gasteiger charge is 2.03. The van der Waals surface area contributed by atoms with E-state index >= 15 is 0 Å². The summed E-state index contributed by atoms with van der Waals surface area (Å²) in [5.74, 6) is 0. The lowest BCUT2D eigenvalue weighted by Crippen LogP contribution is -1.94. The molecule has 0 aromatic heterocycles. The maximum absolute atomic E-state index is 3.96. The molecule has 0 aliphatic carbocycles. The molecule has 2 rings (SSSR count). The molecule has 87 valence electrons. The van der Waals surface area contributed by atoms with Crippen LogP contribution in [0, 0.1) is 0 Å². The Hall–Kier alpha value is -1.86. The maximum Gasteiger partial charge on any atom is 0.0712 e. The number of hydrogen-bond donors (Lipinski definition) is 0. The standard InChI is InChI=1S/C17H15Si/c1-3-14-8-10-15(11-9-14)12-16-6-4-5-7-17(16)13(2)18/h3-11H,1-2,12H2. The molecule has 0 saturated carbocycles. The fraction of sp³-hybridized carbons (Fsp3) is 0.0588. The van der Waals surface area contributed by atoms with E-state index < -0.39 is 0 Å². The van der Waals surface area contributed by atoms with Gasteiger partial charge in [-0.15, -0.1) is 6.58 Å². The van der Waals surface area contributed by atoms with Crippen LogP contribution in [0.3, 0.4) is 0 Å². The monoisotopic (exact) mass is 247 g/mol. The molecule has 0 saturated heterocycles. The normalized spacial score (nSPS) is 10.1. The van der Waals surface area contributed by atoms with E-state index in [2.05, 4.69) is 65.9 Å². The molecule has 0 nitrogen and oxygen atoms in total. The van der Waals surface area contributed by atoms with Crippen molar-refractivity contribution < 1.29 is 0 Å². The van der Waals surface area contributed by atoms with Crippen LogP contribution in [-0.4, -0.2) is 10.2 Å². The summed E-state index contributed by atoms with van der Waals surface area (Å²) < 4.78 is 0. The van der Waals surface area contributed by atoms with Crippen LogP contribution >= 0.6 is 0 Å². The molecule has 2 aromatic carbocycles. The molecule has 0 atom stereocenters. The molecule has 0 fully saturated rings. The zero-order chi connectivity index (χ0) is 13.0. The summed E-state index contributed by atoms with van der Waals surface area (Å²) >= 11 is 0. The van der Waals surface area contributed by atoms with E-state index in [1.54, 1.807) is 0 Å². The van der Waals surface area contributed by atoms with E-state index in [1.807, 2.05) is 12.1 Å². The average molecular weight is 247 g/mol. The third-order valence-corrected chi connectivity index (χ3v) is 3.22. The summed E-state index contributed by atoms with van der Waals surface area (Å²) in [7, 11) is 3.51. The van der Waals surface area contributed by atoms with E-state index in [0.717, 1.165) is 17.2 Å². The van der Waals surface area contributed by atoms with Gasteiger partial charge in [-0.25, -0.2) is 0 Å². The van der Waals surface area contributed by atoms with Crippen LogP contribution in [0.4, 0.5) is 0 Å². The minimum atomic E-state index is 0.914. The third kappa shape index (κ3) is 2.87. The maximum atomic E-state index is 3.96. The molecule has 0 amide bonds. The topological polar surface area (TPSA) is 0 Å². The van der Waals surface area contributed by atoms with E-state index in [-0.39, 0.29) is 0 Å². The number of rotatable bonds is 4. The lowest BCUT2D eigenvalue weighted by Gasteiger charge is -2.09. The second kappa shape index (κ2) is 5.65. The van der Waals surface area contributed by atoms with Gasteiger partial charge in [-0.05, 0) is 28.7 Å². The van der Waals surface area contributed by atoms with Crippen molar-refractivity contribution in [2.24, 2.45) is 0 Å². The Labute approximate surface area is 112 Å². The Morgan fingerprint density at radius 3 is 2.33 bits per heavy atom. The third-order valence-electron chi connectivity index (χ3n) is 2.95. The van der Waals surface area contributed by atoms with Gasteiger partial charge < -0.3 is 0 Å². The van der Waals surface area contributed by atoms with Crippen LogP contribution in [0.5, 0.6) is 0 Å². The van der Waals surface area contributed by atoms with Crippen molar-refractivity contribution in [2.75, 3.05) is 0 Å². The highest BCUT2D eigenvalue weighted by molar-refractivity contribution is 6.41. The molecule has 2 aromatic rings. The average Bonchev–Trinajstić information content (AvgIpc) is 2.40. The van der Waals surface area contributed by atoms with Gasteiger partial charge in [0.25, 0.3) is 0 Å². The molecular formula is C17H15Si. The van der Waals surface area contributed by atoms with Gasteiger partial charge in [-0.2, -0.15) is 0 Å². The minimum absolute atomic E-state index is 0.914. The Morgan fingerprint density at radius 1 is 1.06 bits per heavy atom. The van der Waals surface area contributed by atoms with Crippen molar-refractivity contribution in [1.29, 1.82) is 0 Å². The van der Waals surface area contributed by atoms with Crippen LogP contribution in [0.15, 0.2) is 61.7 Å². The lowest BCUT2D eigenvalue weighted by molar-refractivity contribution is 1.18. The van der Waals surface area contributed by atoms with Crippen LogP contribution in [-0.2, 0) is 6.42 Å². The molecule has 3 radical (unpaired) electrons. The van der Waals surface area contributed by atoms with Crippen LogP contribution in [0.1, 0.15) is 22.3 Å². The predicted molar refractivity (Wildman–Crippen MR) is 80.6 cm³/mol. The Kier molecular flexibility index (Phi) is 3.95. The molecule has 0 spiro atoms. The minimum Gasteiger partial charge on any atom is -0.100 e. The van der Waals surface area contributed by atoms with Crippen molar-refractivity contribution in [3.05, 3.63) is 83.9 Å². The van der Waals surface area contributed by atoms with Gasteiger partial charge in [0, 0.05) is 0 Å². The zero-order valence-corrected chi connectivity index (χ0v) is 11.3. The molecule has 18 heavy (non-hydrogen) atoms. The second-order valence-electron chi connectivity index (χ2n) is 4.26. The SMILES string of the molecule is C=Cc1ccc(Cc2ccccc2C(=C)[Si])cc1. The molecule has 0 unspecified atom stereocenters. The summed E-state index contributed by atoms with van der Waals surface area (Å²) in [6, 6.07) is 16.8. The van der Waals surface area contributed by atoms with Crippen molar-refractivity contribution in [2.45, 2.75) is 6.42 Å². The van der Waals surface area contributed by atoms with Gasteiger partial charge in [-0.1, -0.05) is 66.4 Å². The van der Waals surface area contributed by atoms with Crippen LogP contribution in [0.2, 0.25) is 0 Å². The Morgan fingerprint density at radius 2 is 1.72 bits per heavy atom. The molecule has 0 heterocycles. The first-order chi connectivity index (χ1) is 8.70. The highest BCUT2D eigenvalue weighted by Crippen LogP contribution is 2.19. The number of hydrogen-bond acceptors (Lipinski definition) is 0. The van der Waals surface area contributed by atoms with Gasteiger partial charge in [0.05, 0.1) is 10.2 Å².